The number of aromatic nitrogens is 3. The van der Waals surface area contributed by atoms with Gasteiger partial charge in [0.2, 0.25) is 5.95 Å². The quantitative estimate of drug-likeness (QED) is 0.564. The van der Waals surface area contributed by atoms with E-state index in [0.29, 0.717) is 31.7 Å². The first-order chi connectivity index (χ1) is 16.9. The van der Waals surface area contributed by atoms with Gasteiger partial charge in [-0.25, -0.2) is 18.7 Å². The van der Waals surface area contributed by atoms with E-state index < -0.39 is 36.4 Å². The Morgan fingerprint density at radius 3 is 2.64 bits per heavy atom. The average Bonchev–Trinajstić information content (AvgIpc) is 2.80. The first-order valence-corrected chi connectivity index (χ1v) is 10.2. The van der Waals surface area contributed by atoms with Crippen LogP contribution in [0.15, 0.2) is 29.1 Å². The van der Waals surface area contributed by atoms with E-state index in [4.69, 9.17) is 4.11 Å². The van der Waals surface area contributed by atoms with E-state index in [1.54, 1.807) is 10.2 Å². The van der Waals surface area contributed by atoms with Gasteiger partial charge in [0.15, 0.2) is 5.82 Å². The van der Waals surface area contributed by atoms with Gasteiger partial charge in [0.1, 0.15) is 23.1 Å². The van der Waals surface area contributed by atoms with Crippen LogP contribution in [-0.2, 0) is 6.54 Å². The van der Waals surface area contributed by atoms with Crippen molar-refractivity contribution in [3.63, 3.8) is 0 Å². The number of amides is 1. The third-order valence-electron chi connectivity index (χ3n) is 5.57. The van der Waals surface area contributed by atoms with E-state index in [1.807, 2.05) is 4.90 Å². The van der Waals surface area contributed by atoms with Crippen LogP contribution < -0.4 is 15.8 Å². The van der Waals surface area contributed by atoms with E-state index in [9.17, 15) is 18.4 Å². The van der Waals surface area contributed by atoms with Crippen molar-refractivity contribution in [2.45, 2.75) is 19.6 Å². The number of hydrogen-bond acceptors (Lipinski definition) is 6. The Balaban J connectivity index is 1.43. The highest BCUT2D eigenvalue weighted by Gasteiger charge is 2.23. The van der Waals surface area contributed by atoms with E-state index in [1.165, 1.54) is 31.2 Å². The molecule has 1 aromatic carbocycles. The maximum atomic E-state index is 15.1. The third kappa shape index (κ3) is 4.54. The largest absolute Gasteiger partial charge is 0.365 e. The van der Waals surface area contributed by atoms with Crippen molar-refractivity contribution >= 4 is 22.6 Å². The zero-order valence-corrected chi connectivity index (χ0v) is 17.7. The third-order valence-corrected chi connectivity index (χ3v) is 5.57. The topological polar surface area (TPSA) is 94.2 Å². The first-order valence-electron chi connectivity index (χ1n) is 11.7. The number of halogens is 3. The molecule has 0 aliphatic carbocycles. The van der Waals surface area contributed by atoms with Crippen LogP contribution >= 0.6 is 0 Å². The van der Waals surface area contributed by atoms with E-state index in [-0.39, 0.29) is 34.7 Å². The Bertz CT molecular complexity index is 1360. The van der Waals surface area contributed by atoms with Gasteiger partial charge in [-0.05, 0) is 25.1 Å². The number of pyridine rings is 1. The van der Waals surface area contributed by atoms with E-state index >= 15 is 4.39 Å². The van der Waals surface area contributed by atoms with Gasteiger partial charge in [0, 0.05) is 49.4 Å². The molecule has 8 nitrogen and oxygen atoms in total. The number of hydrogen-bond donors (Lipinski definition) is 2. The summed E-state index contributed by atoms with van der Waals surface area (Å²) < 4.78 is 64.4. The van der Waals surface area contributed by atoms with Crippen LogP contribution in [0.4, 0.5) is 18.9 Å². The number of carbonyl (C=O) groups excluding carboxylic acids is 1. The Morgan fingerprint density at radius 2 is 1.97 bits per heavy atom. The molecule has 1 amide bonds. The van der Waals surface area contributed by atoms with Gasteiger partial charge in [-0.3, -0.25) is 14.5 Å². The molecule has 11 heteroatoms. The number of piperazine rings is 1. The number of fused-ring (bicyclic) bond motifs is 1. The number of nitrogens with zero attached hydrogens (tertiary/aromatic N) is 4. The molecule has 1 aliphatic heterocycles. The lowest BCUT2D eigenvalue weighted by atomic mass is 10.1. The fourth-order valence-corrected chi connectivity index (χ4v) is 3.81. The molecular weight excluding hydrogens is 437 g/mol. The monoisotopic (exact) mass is 463 g/mol. The van der Waals surface area contributed by atoms with Crippen molar-refractivity contribution in [3.05, 3.63) is 63.3 Å². The molecule has 2 aromatic heterocycles. The highest BCUT2D eigenvalue weighted by molar-refractivity contribution is 5.92. The second-order valence-electron chi connectivity index (χ2n) is 7.72. The molecule has 1 unspecified atom stereocenters. The molecule has 2 N–H and O–H groups in total. The molecule has 0 bridgehead atoms. The molecule has 1 atom stereocenters. The van der Waals surface area contributed by atoms with Crippen molar-refractivity contribution in [3.8, 4) is 0 Å². The second kappa shape index (κ2) is 9.18. The summed E-state index contributed by atoms with van der Waals surface area (Å²) in [6.45, 7) is 0.414. The van der Waals surface area contributed by atoms with Crippen molar-refractivity contribution < 1.29 is 22.1 Å². The fraction of sp³-hybridized carbons (Fsp3) is 0.364. The van der Waals surface area contributed by atoms with Crippen LogP contribution in [0.1, 0.15) is 39.0 Å². The highest BCUT2D eigenvalue weighted by Crippen LogP contribution is 2.23. The van der Waals surface area contributed by atoms with Crippen LogP contribution in [0.3, 0.4) is 0 Å². The van der Waals surface area contributed by atoms with Gasteiger partial charge >= 0.3 is 0 Å². The summed E-state index contributed by atoms with van der Waals surface area (Å²) in [5.41, 5.74) is -0.877. The summed E-state index contributed by atoms with van der Waals surface area (Å²) in [5.74, 6) is -2.55. The number of benzene rings is 1. The molecule has 0 spiro atoms. The maximum Gasteiger partial charge on any atom is 0.273 e. The predicted octanol–water partition coefficient (Wildman–Crippen LogP) is 2.31. The smallest absolute Gasteiger partial charge is 0.273 e. The Labute approximate surface area is 191 Å². The van der Waals surface area contributed by atoms with E-state index in [0.717, 1.165) is 0 Å². The Kier molecular flexibility index (Phi) is 5.30. The van der Waals surface area contributed by atoms with Crippen molar-refractivity contribution in [2.75, 3.05) is 38.1 Å². The van der Waals surface area contributed by atoms with Crippen molar-refractivity contribution in [1.29, 1.82) is 0 Å². The Morgan fingerprint density at radius 1 is 1.21 bits per heavy atom. The van der Waals surface area contributed by atoms with Gasteiger partial charge in [-0.2, -0.15) is 4.39 Å². The molecule has 1 aliphatic rings. The second-order valence-corrected chi connectivity index (χ2v) is 7.72. The van der Waals surface area contributed by atoms with Crippen molar-refractivity contribution in [1.82, 2.24) is 25.2 Å². The van der Waals surface area contributed by atoms with Crippen molar-refractivity contribution in [2.24, 2.45) is 0 Å². The number of anilines is 1. The summed E-state index contributed by atoms with van der Waals surface area (Å²) in [5, 5.41) is 1.76. The minimum Gasteiger partial charge on any atom is -0.365 e. The first kappa shape index (κ1) is 19.0. The average molecular weight is 463 g/mol. The number of carbonyl (C=O) groups is 1. The SMILES string of the molecule is [2H]C([2H])([2H])NC(=O)c1ccc(N2CCN(Cc3ccc4nc(C(C)F)c(=O)[nH]c4c3F)CC2)c(F)n1. The summed E-state index contributed by atoms with van der Waals surface area (Å²) in [7, 11) is 0. The minimum absolute atomic E-state index is 0.0868. The maximum absolute atomic E-state index is 15.1. The minimum atomic E-state index is -2.71. The molecule has 33 heavy (non-hydrogen) atoms. The molecule has 4 rings (SSSR count). The van der Waals surface area contributed by atoms with Gasteiger partial charge in [-0.15, -0.1) is 0 Å². The molecule has 1 fully saturated rings. The van der Waals surface area contributed by atoms with E-state index in [2.05, 4.69) is 15.0 Å². The standard InChI is InChI=1S/C22H23F3N6O2/c1-12(23)18-22(33)29-19-14(27-18)4-3-13(17(19)24)11-30-7-9-31(10-8-30)16-6-5-15(21(32)26-2)28-20(16)25/h3-6,12H,7-11H2,1-2H3,(H,26,32)(H,29,33)/i2D3. The zero-order valence-electron chi connectivity index (χ0n) is 20.7. The lowest BCUT2D eigenvalue weighted by molar-refractivity contribution is 0.0957. The highest BCUT2D eigenvalue weighted by atomic mass is 19.1. The summed E-state index contributed by atoms with van der Waals surface area (Å²) in [6, 6.07) is 5.68. The summed E-state index contributed by atoms with van der Waals surface area (Å²) in [4.78, 5) is 37.5. The number of nitrogens with one attached hydrogen (secondary N) is 2. The lowest BCUT2D eigenvalue weighted by Gasteiger charge is -2.36. The molecular formula is C22H23F3N6O2. The number of H-pyrrole nitrogens is 1. The van der Waals surface area contributed by atoms with Crippen LogP contribution in [0, 0.1) is 11.8 Å². The molecule has 3 heterocycles. The van der Waals surface area contributed by atoms with Crippen LogP contribution in [0.5, 0.6) is 0 Å². The van der Waals surface area contributed by atoms with Crippen LogP contribution in [0.25, 0.3) is 11.0 Å². The number of aromatic amines is 1. The fourth-order valence-electron chi connectivity index (χ4n) is 3.81. The molecule has 0 saturated carbocycles. The number of rotatable bonds is 5. The molecule has 0 radical (unpaired) electrons. The molecule has 1 saturated heterocycles. The molecule has 174 valence electrons. The number of alkyl halides is 1. The van der Waals surface area contributed by atoms with Gasteiger partial charge in [0.05, 0.1) is 11.2 Å². The zero-order chi connectivity index (χ0) is 26.2. The summed E-state index contributed by atoms with van der Waals surface area (Å²) >= 11 is 0. The van der Waals surface area contributed by atoms with Gasteiger partial charge in [0.25, 0.3) is 11.5 Å². The van der Waals surface area contributed by atoms with Gasteiger partial charge in [-0.1, -0.05) is 6.07 Å². The Hall–Kier alpha value is -3.47. The van der Waals surface area contributed by atoms with Crippen LogP contribution in [-0.4, -0.2) is 58.9 Å². The van der Waals surface area contributed by atoms with Crippen LogP contribution in [0.2, 0.25) is 0 Å². The normalized spacial score (nSPS) is 17.3. The lowest BCUT2D eigenvalue weighted by Crippen LogP contribution is -2.46. The molecule has 3 aromatic rings. The predicted molar refractivity (Wildman–Crippen MR) is 117 cm³/mol. The summed E-state index contributed by atoms with van der Waals surface area (Å²) in [6.07, 6.45) is -1.58. The van der Waals surface area contributed by atoms with Gasteiger partial charge < -0.3 is 15.2 Å².